The van der Waals surface area contributed by atoms with Crippen LogP contribution in [0.5, 0.6) is 0 Å². The van der Waals surface area contributed by atoms with Crippen molar-refractivity contribution in [3.05, 3.63) is 30.1 Å². The Labute approximate surface area is 91.7 Å². The second kappa shape index (κ2) is 3.83. The van der Waals surface area contributed by atoms with Gasteiger partial charge >= 0.3 is 0 Å². The lowest BCUT2D eigenvalue weighted by molar-refractivity contribution is 0.609. The molecular weight excluding hydrogens is 236 g/mol. The summed E-state index contributed by atoms with van der Waals surface area (Å²) in [6.07, 6.45) is 3.85. The van der Waals surface area contributed by atoms with Gasteiger partial charge in [-0.1, -0.05) is 0 Å². The predicted molar refractivity (Wildman–Crippen MR) is 59.4 cm³/mol. The summed E-state index contributed by atoms with van der Waals surface area (Å²) in [6.45, 7) is 0. The number of nitrogens with one attached hydrogen (secondary N) is 1. The number of fused-ring (bicyclic) bond motifs is 1. The Hall–Kier alpha value is -1.07. The highest BCUT2D eigenvalue weighted by Crippen LogP contribution is 2.16. The maximum Gasteiger partial charge on any atom is 0.232 e. The molecule has 2 heterocycles. The van der Waals surface area contributed by atoms with Gasteiger partial charge in [0.05, 0.1) is 5.75 Å². The summed E-state index contributed by atoms with van der Waals surface area (Å²) in [5.74, 6) is -0.0591. The van der Waals surface area contributed by atoms with E-state index in [1.165, 1.54) is 0 Å². The minimum atomic E-state index is -3.43. The minimum absolute atomic E-state index is 0.0591. The molecule has 0 unspecified atom stereocenters. The van der Waals surface area contributed by atoms with Crippen molar-refractivity contribution in [1.29, 1.82) is 0 Å². The van der Waals surface area contributed by atoms with Gasteiger partial charge in [0.2, 0.25) is 9.05 Å². The molecular formula is C9H9ClN2O2S. The highest BCUT2D eigenvalue weighted by Gasteiger charge is 2.09. The van der Waals surface area contributed by atoms with Crippen molar-refractivity contribution in [1.82, 2.24) is 9.97 Å². The van der Waals surface area contributed by atoms with Crippen molar-refractivity contribution in [2.75, 3.05) is 5.75 Å². The molecule has 0 fully saturated rings. The zero-order valence-electron chi connectivity index (χ0n) is 7.77. The van der Waals surface area contributed by atoms with Crippen LogP contribution in [0.25, 0.3) is 11.0 Å². The maximum atomic E-state index is 10.8. The zero-order chi connectivity index (χ0) is 10.9. The van der Waals surface area contributed by atoms with Crippen LogP contribution in [0.1, 0.15) is 5.56 Å². The first-order valence-electron chi connectivity index (χ1n) is 4.39. The highest BCUT2D eigenvalue weighted by molar-refractivity contribution is 8.13. The van der Waals surface area contributed by atoms with Crippen LogP contribution in [0.3, 0.4) is 0 Å². The van der Waals surface area contributed by atoms with Crippen molar-refractivity contribution in [2.45, 2.75) is 6.42 Å². The Balaban J connectivity index is 2.29. The van der Waals surface area contributed by atoms with E-state index in [-0.39, 0.29) is 5.75 Å². The summed E-state index contributed by atoms with van der Waals surface area (Å²) < 4.78 is 21.6. The lowest BCUT2D eigenvalue weighted by atomic mass is 10.2. The number of aryl methyl sites for hydroxylation is 1. The van der Waals surface area contributed by atoms with Crippen LogP contribution in [0.4, 0.5) is 0 Å². The Kier molecular flexibility index (Phi) is 2.67. The van der Waals surface area contributed by atoms with Gasteiger partial charge in [0, 0.05) is 28.5 Å². The predicted octanol–water partition coefficient (Wildman–Crippen LogP) is 1.67. The van der Waals surface area contributed by atoms with Gasteiger partial charge in [-0.05, 0) is 24.1 Å². The number of hydrogen-bond donors (Lipinski definition) is 1. The van der Waals surface area contributed by atoms with Crippen LogP contribution in [0.2, 0.25) is 0 Å². The number of aromatic nitrogens is 2. The van der Waals surface area contributed by atoms with E-state index in [2.05, 4.69) is 9.97 Å². The quantitative estimate of drug-likeness (QED) is 0.836. The first kappa shape index (κ1) is 10.4. The normalized spacial score (nSPS) is 12.1. The summed E-state index contributed by atoms with van der Waals surface area (Å²) in [4.78, 5) is 7.08. The molecule has 0 aliphatic carbocycles. The van der Waals surface area contributed by atoms with Crippen molar-refractivity contribution in [3.63, 3.8) is 0 Å². The lowest BCUT2D eigenvalue weighted by Crippen LogP contribution is -2.00. The standard InChI is InChI=1S/C9H9ClN2O2S/c10-15(13,14)5-3-7-6-12-9-8(7)2-1-4-11-9/h1-2,4,6H,3,5H2,(H,11,12). The first-order chi connectivity index (χ1) is 7.06. The Morgan fingerprint density at radius 3 is 3.00 bits per heavy atom. The molecule has 1 N–H and O–H groups in total. The van der Waals surface area contributed by atoms with Gasteiger partial charge < -0.3 is 4.98 Å². The first-order valence-corrected chi connectivity index (χ1v) is 6.87. The van der Waals surface area contributed by atoms with E-state index in [0.717, 1.165) is 16.6 Å². The number of nitrogens with zero attached hydrogens (tertiary/aromatic N) is 1. The average molecular weight is 245 g/mol. The molecule has 0 saturated carbocycles. The van der Waals surface area contributed by atoms with E-state index >= 15 is 0 Å². The molecule has 4 nitrogen and oxygen atoms in total. The molecule has 6 heteroatoms. The van der Waals surface area contributed by atoms with Crippen molar-refractivity contribution in [3.8, 4) is 0 Å². The van der Waals surface area contributed by atoms with Gasteiger partial charge in [-0.3, -0.25) is 0 Å². The monoisotopic (exact) mass is 244 g/mol. The number of aromatic amines is 1. The summed E-state index contributed by atoms with van der Waals surface area (Å²) >= 11 is 0. The Morgan fingerprint density at radius 2 is 2.27 bits per heavy atom. The summed E-state index contributed by atoms with van der Waals surface area (Å²) in [5.41, 5.74) is 1.68. The number of rotatable bonds is 3. The smallest absolute Gasteiger partial charge is 0.232 e. The van der Waals surface area contributed by atoms with Crippen LogP contribution in [-0.2, 0) is 15.5 Å². The second-order valence-corrected chi connectivity index (χ2v) is 6.10. The van der Waals surface area contributed by atoms with Crippen LogP contribution in [0, 0.1) is 0 Å². The van der Waals surface area contributed by atoms with E-state index in [4.69, 9.17) is 10.7 Å². The maximum absolute atomic E-state index is 10.8. The van der Waals surface area contributed by atoms with Crippen LogP contribution >= 0.6 is 10.7 Å². The van der Waals surface area contributed by atoms with Gasteiger partial charge in [0.15, 0.2) is 0 Å². The molecule has 0 aliphatic heterocycles. The zero-order valence-corrected chi connectivity index (χ0v) is 9.35. The van der Waals surface area contributed by atoms with Gasteiger partial charge in [-0.25, -0.2) is 13.4 Å². The fourth-order valence-electron chi connectivity index (χ4n) is 1.45. The molecule has 2 rings (SSSR count). The fourth-order valence-corrected chi connectivity index (χ4v) is 2.15. The Morgan fingerprint density at radius 1 is 1.47 bits per heavy atom. The topological polar surface area (TPSA) is 62.8 Å². The molecule has 0 bridgehead atoms. The molecule has 0 spiro atoms. The molecule has 0 radical (unpaired) electrons. The number of H-pyrrole nitrogens is 1. The Bertz CT molecular complexity index is 577. The van der Waals surface area contributed by atoms with E-state index in [1.54, 1.807) is 12.4 Å². The average Bonchev–Trinajstić information content (AvgIpc) is 2.57. The molecule has 15 heavy (non-hydrogen) atoms. The molecule has 0 aromatic carbocycles. The number of halogens is 1. The molecule has 2 aromatic rings. The van der Waals surface area contributed by atoms with Crippen molar-refractivity contribution in [2.24, 2.45) is 0 Å². The van der Waals surface area contributed by atoms with Crippen LogP contribution in [-0.4, -0.2) is 24.1 Å². The van der Waals surface area contributed by atoms with Gasteiger partial charge in [0.1, 0.15) is 5.65 Å². The van der Waals surface area contributed by atoms with E-state index in [9.17, 15) is 8.42 Å². The van der Waals surface area contributed by atoms with Crippen LogP contribution in [0.15, 0.2) is 24.5 Å². The molecule has 0 amide bonds. The van der Waals surface area contributed by atoms with Gasteiger partial charge in [-0.2, -0.15) is 0 Å². The molecule has 0 saturated heterocycles. The molecule has 0 atom stereocenters. The molecule has 0 aliphatic rings. The van der Waals surface area contributed by atoms with E-state index in [0.29, 0.717) is 6.42 Å². The van der Waals surface area contributed by atoms with Gasteiger partial charge in [-0.15, -0.1) is 0 Å². The summed E-state index contributed by atoms with van der Waals surface area (Å²) in [7, 11) is 1.72. The second-order valence-electron chi connectivity index (χ2n) is 3.21. The lowest BCUT2D eigenvalue weighted by Gasteiger charge is -1.95. The van der Waals surface area contributed by atoms with Crippen LogP contribution < -0.4 is 0 Å². The number of pyridine rings is 1. The van der Waals surface area contributed by atoms with E-state index in [1.807, 2.05) is 12.1 Å². The SMILES string of the molecule is O=S(=O)(Cl)CCc1c[nH]c2ncccc12. The van der Waals surface area contributed by atoms with Gasteiger partial charge in [0.25, 0.3) is 0 Å². The third-order valence-electron chi connectivity index (χ3n) is 2.15. The molecule has 80 valence electrons. The fraction of sp³-hybridized carbons (Fsp3) is 0.222. The third-order valence-corrected chi connectivity index (χ3v) is 3.31. The summed E-state index contributed by atoms with van der Waals surface area (Å²) in [5, 5.41) is 0.942. The van der Waals surface area contributed by atoms with E-state index < -0.39 is 9.05 Å². The van der Waals surface area contributed by atoms with Crippen molar-refractivity contribution < 1.29 is 8.42 Å². The molecule has 2 aromatic heterocycles. The minimum Gasteiger partial charge on any atom is -0.346 e. The van der Waals surface area contributed by atoms with Crippen molar-refractivity contribution >= 4 is 30.8 Å². The largest absolute Gasteiger partial charge is 0.346 e. The summed E-state index contributed by atoms with van der Waals surface area (Å²) in [6, 6.07) is 3.71. The highest BCUT2D eigenvalue weighted by atomic mass is 35.7. The third kappa shape index (κ3) is 2.49. The number of hydrogen-bond acceptors (Lipinski definition) is 3.